The van der Waals surface area contributed by atoms with E-state index in [1.165, 1.54) is 0 Å². The zero-order valence-electron chi connectivity index (χ0n) is 36.6. The van der Waals surface area contributed by atoms with E-state index in [1.54, 1.807) is 0 Å². The first-order valence-corrected chi connectivity index (χ1v) is 21.6. The third-order valence-electron chi connectivity index (χ3n) is 9.48. The fraction of sp³-hybridized carbons (Fsp3) is 0.857. The molecule has 0 aromatic carbocycles. The van der Waals surface area contributed by atoms with E-state index in [0.717, 1.165) is 25.7 Å². The van der Waals surface area contributed by atoms with Crippen molar-refractivity contribution in [3.63, 3.8) is 0 Å². The third-order valence-corrected chi connectivity index (χ3v) is 9.48. The first kappa shape index (κ1) is 53.7. The number of hydrogen-bond donors (Lipinski definition) is 9. The second-order valence-electron chi connectivity index (χ2n) is 17.8. The first-order chi connectivity index (χ1) is 26.7. The van der Waals surface area contributed by atoms with E-state index in [2.05, 4.69) is 40.4 Å². The summed E-state index contributed by atoms with van der Waals surface area (Å²) in [6, 6.07) is -2.61. The molecule has 0 heterocycles. The Hall–Kier alpha value is -3.30. The van der Waals surface area contributed by atoms with Crippen LogP contribution in [0.25, 0.3) is 0 Å². The molecule has 0 rings (SSSR count). The van der Waals surface area contributed by atoms with Gasteiger partial charge in [-0.15, -0.1) is 0 Å². The summed E-state index contributed by atoms with van der Waals surface area (Å²) in [5.41, 5.74) is 17.6. The summed E-state index contributed by atoms with van der Waals surface area (Å²) < 4.78 is 0. The molecule has 0 radical (unpaired) electrons. The highest BCUT2D eigenvalue weighted by Gasteiger charge is 2.26. The molecular weight excluding hydrogens is 729 g/mol. The maximum Gasteiger partial charge on any atom is 0.305 e. The van der Waals surface area contributed by atoms with Gasteiger partial charge in [0.25, 0.3) is 0 Å². The van der Waals surface area contributed by atoms with Crippen LogP contribution in [0.1, 0.15) is 158 Å². The van der Waals surface area contributed by atoms with E-state index in [4.69, 9.17) is 17.2 Å². The molecular formula is C42H82N8O7. The fourth-order valence-corrected chi connectivity index (χ4v) is 7.27. The molecule has 0 aromatic heterocycles. The minimum atomic E-state index is -0.994. The molecule has 0 aromatic rings. The quantitative estimate of drug-likeness (QED) is 0.0435. The van der Waals surface area contributed by atoms with Crippen LogP contribution in [0.3, 0.4) is 0 Å². The van der Waals surface area contributed by atoms with Gasteiger partial charge in [0, 0.05) is 68.4 Å². The van der Waals surface area contributed by atoms with Gasteiger partial charge in [0.2, 0.25) is 29.5 Å². The van der Waals surface area contributed by atoms with Crippen molar-refractivity contribution in [3.8, 4) is 0 Å². The maximum atomic E-state index is 13.5. The Morgan fingerprint density at radius 2 is 0.702 bits per heavy atom. The van der Waals surface area contributed by atoms with Crippen molar-refractivity contribution in [1.29, 1.82) is 0 Å². The fourth-order valence-electron chi connectivity index (χ4n) is 7.27. The number of rotatable bonds is 33. The molecule has 15 heteroatoms. The second kappa shape index (κ2) is 30.7. The lowest BCUT2D eigenvalue weighted by atomic mass is 9.97. The minimum Gasteiger partial charge on any atom is -0.481 e. The molecule has 5 amide bonds. The Kier molecular flexibility index (Phi) is 29.0. The summed E-state index contributed by atoms with van der Waals surface area (Å²) in [6.07, 6.45) is 6.44. The number of carboxylic acid groups (broad SMARTS) is 1. The van der Waals surface area contributed by atoms with E-state index in [-0.39, 0.29) is 91.9 Å². The average Bonchev–Trinajstić information content (AvgIpc) is 3.02. The summed E-state index contributed by atoms with van der Waals surface area (Å²) in [7, 11) is 0. The first-order valence-electron chi connectivity index (χ1n) is 21.6. The van der Waals surface area contributed by atoms with E-state index in [1.807, 2.05) is 41.5 Å². The number of unbranched alkanes of at least 4 members (excludes halogenated alkanes) is 2. The van der Waals surface area contributed by atoms with Crippen molar-refractivity contribution in [2.24, 2.45) is 40.9 Å². The van der Waals surface area contributed by atoms with Crippen LogP contribution in [0.5, 0.6) is 0 Å². The van der Waals surface area contributed by atoms with Crippen molar-refractivity contribution >= 4 is 35.5 Å². The molecule has 15 nitrogen and oxygen atoms in total. The smallest absolute Gasteiger partial charge is 0.305 e. The van der Waals surface area contributed by atoms with E-state index in [0.29, 0.717) is 57.5 Å². The highest BCUT2D eigenvalue weighted by Crippen LogP contribution is 2.15. The molecule has 332 valence electrons. The van der Waals surface area contributed by atoms with Gasteiger partial charge in [-0.1, -0.05) is 68.2 Å². The predicted octanol–water partition coefficient (Wildman–Crippen LogP) is 3.61. The van der Waals surface area contributed by atoms with Gasteiger partial charge >= 0.3 is 5.97 Å². The lowest BCUT2D eigenvalue weighted by Gasteiger charge is -2.26. The van der Waals surface area contributed by atoms with Crippen LogP contribution in [0.4, 0.5) is 0 Å². The highest BCUT2D eigenvalue weighted by atomic mass is 16.4. The van der Waals surface area contributed by atoms with Gasteiger partial charge in [-0.2, -0.15) is 0 Å². The summed E-state index contributed by atoms with van der Waals surface area (Å²) >= 11 is 0. The molecule has 12 N–H and O–H groups in total. The van der Waals surface area contributed by atoms with Crippen LogP contribution in [0.15, 0.2) is 0 Å². The SMILES string of the molecule is CC(C)C[C@H](N)CC(=O)N[C@@H](CCCCN)CC(=O)N[C@H](CC(=O)N[C@H](CC(=O)N[C@@H](CCCCN)CC(=O)N[C@H](CC(=O)O)CC(C)C)CC(C)C)CC(C)C. The predicted molar refractivity (Wildman–Crippen MR) is 227 cm³/mol. The van der Waals surface area contributed by atoms with E-state index in [9.17, 15) is 33.9 Å². The van der Waals surface area contributed by atoms with E-state index < -0.39 is 36.2 Å². The number of amides is 5. The molecule has 0 spiro atoms. The van der Waals surface area contributed by atoms with Crippen molar-refractivity contribution in [2.75, 3.05) is 13.1 Å². The number of nitrogens with one attached hydrogen (secondary N) is 5. The molecule has 0 unspecified atom stereocenters. The standard InChI is InChI=1S/C42H82N8O7/c1-27(2)17-31(45)21-37(51)46-32(13-9-11-15-43)22-38(52)48-35(19-29(5)6)25-41(55)49-34(18-28(3)4)24-40(54)47-33(14-10-12-16-44)23-39(53)50-36(20-30(7)8)26-42(56)57/h27-36H,9-26,43-45H2,1-8H3,(H,46,51)(H,47,54)(H,48,52)(H,49,55)(H,50,53)(H,56,57)/t31-,32-,33-,34-,35-,36-/m0/s1. The summed E-state index contributed by atoms with van der Waals surface area (Å²) in [4.78, 5) is 77.6. The Morgan fingerprint density at radius 1 is 0.421 bits per heavy atom. The molecule has 0 saturated heterocycles. The number of carbonyl (C=O) groups excluding carboxylic acids is 5. The number of carboxylic acids is 1. The van der Waals surface area contributed by atoms with E-state index >= 15 is 0 Å². The minimum absolute atomic E-state index is 0.000125. The molecule has 0 aliphatic carbocycles. The van der Waals surface area contributed by atoms with Crippen molar-refractivity contribution in [3.05, 3.63) is 0 Å². The zero-order valence-corrected chi connectivity index (χ0v) is 36.6. The molecule has 0 aliphatic rings. The van der Waals surface area contributed by atoms with Crippen molar-refractivity contribution < 1.29 is 33.9 Å². The molecule has 0 saturated carbocycles. The van der Waals surface area contributed by atoms with Gasteiger partial charge in [0.15, 0.2) is 0 Å². The topological polar surface area (TPSA) is 261 Å². The zero-order chi connectivity index (χ0) is 43.5. The van der Waals surface area contributed by atoms with Crippen LogP contribution in [0.2, 0.25) is 0 Å². The molecule has 6 atom stereocenters. The Bertz CT molecular complexity index is 1180. The van der Waals surface area contributed by atoms with Crippen molar-refractivity contribution in [2.45, 2.75) is 194 Å². The Morgan fingerprint density at radius 3 is 1.00 bits per heavy atom. The summed E-state index contributed by atoms with van der Waals surface area (Å²) in [6.45, 7) is 17.1. The van der Waals surface area contributed by atoms with Gasteiger partial charge in [-0.05, 0) is 88.1 Å². The summed E-state index contributed by atoms with van der Waals surface area (Å²) in [5, 5.41) is 24.2. The van der Waals surface area contributed by atoms with Gasteiger partial charge < -0.3 is 48.9 Å². The molecule has 57 heavy (non-hydrogen) atoms. The van der Waals surface area contributed by atoms with Gasteiger partial charge in [0.05, 0.1) is 6.42 Å². The lowest BCUT2D eigenvalue weighted by molar-refractivity contribution is -0.138. The van der Waals surface area contributed by atoms with Gasteiger partial charge in [0.1, 0.15) is 0 Å². The monoisotopic (exact) mass is 811 g/mol. The molecule has 0 fully saturated rings. The molecule has 0 bridgehead atoms. The summed E-state index contributed by atoms with van der Waals surface area (Å²) in [5.74, 6) is -1.49. The van der Waals surface area contributed by atoms with Gasteiger partial charge in [-0.25, -0.2) is 0 Å². The molecule has 0 aliphatic heterocycles. The lowest BCUT2D eigenvalue weighted by Crippen LogP contribution is -2.47. The number of nitrogens with two attached hydrogens (primary N) is 3. The number of carbonyl (C=O) groups is 6. The van der Waals surface area contributed by atoms with Crippen molar-refractivity contribution in [1.82, 2.24) is 26.6 Å². The third kappa shape index (κ3) is 30.4. The second-order valence-corrected chi connectivity index (χ2v) is 17.8. The van der Waals surface area contributed by atoms with Crippen LogP contribution < -0.4 is 43.8 Å². The average molecular weight is 811 g/mol. The number of hydrogen-bond acceptors (Lipinski definition) is 9. The normalized spacial score (nSPS) is 14.8. The van der Waals surface area contributed by atoms with Crippen LogP contribution in [-0.2, 0) is 28.8 Å². The Labute approximate surface area is 343 Å². The largest absolute Gasteiger partial charge is 0.481 e. The number of aliphatic carboxylic acids is 1. The van der Waals surface area contributed by atoms with Crippen LogP contribution >= 0.6 is 0 Å². The van der Waals surface area contributed by atoms with Gasteiger partial charge in [-0.3, -0.25) is 28.8 Å². The van der Waals surface area contributed by atoms with Crippen LogP contribution in [-0.4, -0.2) is 90.0 Å². The van der Waals surface area contributed by atoms with Crippen LogP contribution in [0, 0.1) is 23.7 Å². The Balaban J connectivity index is 5.69. The maximum absolute atomic E-state index is 13.5. The highest BCUT2D eigenvalue weighted by molar-refractivity contribution is 5.83.